The Morgan fingerprint density at radius 1 is 0.824 bits per heavy atom. The van der Waals surface area contributed by atoms with Crippen molar-refractivity contribution in [2.45, 2.75) is 6.92 Å². The van der Waals surface area contributed by atoms with Gasteiger partial charge < -0.3 is 0 Å². The van der Waals surface area contributed by atoms with E-state index in [0.29, 0.717) is 0 Å². The highest BCUT2D eigenvalue weighted by Gasteiger charge is 2.03. The van der Waals surface area contributed by atoms with Crippen molar-refractivity contribution in [3.05, 3.63) is 48.5 Å². The molecule has 0 unspecified atom stereocenters. The van der Waals surface area contributed by atoms with E-state index < -0.39 is 0 Å². The molecule has 3 aromatic rings. The number of fused-ring (bicyclic) bond motifs is 1. The molecule has 0 aliphatic heterocycles. The molecule has 0 N–H and O–H groups in total. The van der Waals surface area contributed by atoms with Gasteiger partial charge in [-0.3, -0.25) is 4.98 Å². The Morgan fingerprint density at radius 2 is 1.65 bits per heavy atom. The molecule has 0 saturated carbocycles. The minimum atomic E-state index is 0.734. The lowest BCUT2D eigenvalue weighted by atomic mass is 10.2. The molecule has 3 rings (SSSR count). The third-order valence-electron chi connectivity index (χ3n) is 2.49. The van der Waals surface area contributed by atoms with E-state index in [-0.39, 0.29) is 0 Å². The minimum absolute atomic E-state index is 0.734. The predicted octanol–water partition coefficient (Wildman–Crippen LogP) is 2.40. The van der Waals surface area contributed by atoms with Crippen molar-refractivity contribution in [1.82, 2.24) is 19.9 Å². The second kappa shape index (κ2) is 3.90. The van der Waals surface area contributed by atoms with Crippen LogP contribution in [0, 0.1) is 6.92 Å². The molecule has 2 heterocycles. The molecule has 0 aliphatic carbocycles. The molecule has 82 valence electrons. The number of benzene rings is 1. The van der Waals surface area contributed by atoms with Gasteiger partial charge in [-0.2, -0.15) is 0 Å². The van der Waals surface area contributed by atoms with E-state index in [9.17, 15) is 0 Å². The number of aromatic nitrogens is 4. The van der Waals surface area contributed by atoms with Crippen molar-refractivity contribution in [2.75, 3.05) is 0 Å². The van der Waals surface area contributed by atoms with E-state index in [2.05, 4.69) is 19.9 Å². The number of nitrogens with zero attached hydrogens (tertiary/aromatic N) is 4. The van der Waals surface area contributed by atoms with Crippen LogP contribution in [0.3, 0.4) is 0 Å². The Morgan fingerprint density at radius 3 is 2.47 bits per heavy atom. The molecule has 0 radical (unpaired) electrons. The Bertz CT molecular complexity index is 679. The van der Waals surface area contributed by atoms with Crippen LogP contribution < -0.4 is 0 Å². The average molecular weight is 222 g/mol. The predicted molar refractivity (Wildman–Crippen MR) is 65.3 cm³/mol. The molecule has 0 fully saturated rings. The summed E-state index contributed by atoms with van der Waals surface area (Å²) in [4.78, 5) is 17.3. The third-order valence-corrected chi connectivity index (χ3v) is 2.49. The lowest BCUT2D eigenvalue weighted by Gasteiger charge is -2.02. The molecule has 0 bridgehead atoms. The standard InChI is InChI=1S/C13H10N4/c1-9-14-7-6-12(16-9)13-8-15-10-4-2-3-5-11(10)17-13/h2-8H,1H3. The van der Waals surface area contributed by atoms with Gasteiger partial charge in [0.05, 0.1) is 22.9 Å². The number of aryl methyl sites for hydroxylation is 1. The fourth-order valence-electron chi connectivity index (χ4n) is 1.68. The Kier molecular flexibility index (Phi) is 2.26. The van der Waals surface area contributed by atoms with Crippen LogP contribution in [0.15, 0.2) is 42.7 Å². The van der Waals surface area contributed by atoms with Gasteiger partial charge in [0.2, 0.25) is 0 Å². The second-order valence-corrected chi connectivity index (χ2v) is 3.73. The third kappa shape index (κ3) is 1.85. The highest BCUT2D eigenvalue weighted by Crippen LogP contribution is 2.16. The first-order chi connectivity index (χ1) is 8.33. The molecular formula is C13H10N4. The van der Waals surface area contributed by atoms with Crippen molar-refractivity contribution in [2.24, 2.45) is 0 Å². The van der Waals surface area contributed by atoms with Gasteiger partial charge in [-0.25, -0.2) is 15.0 Å². The van der Waals surface area contributed by atoms with Crippen LogP contribution in [0.1, 0.15) is 5.82 Å². The number of hydrogen-bond acceptors (Lipinski definition) is 4. The number of para-hydroxylation sites is 2. The molecule has 4 nitrogen and oxygen atoms in total. The van der Waals surface area contributed by atoms with Crippen LogP contribution >= 0.6 is 0 Å². The van der Waals surface area contributed by atoms with E-state index >= 15 is 0 Å². The Balaban J connectivity index is 2.18. The molecule has 4 heteroatoms. The summed E-state index contributed by atoms with van der Waals surface area (Å²) < 4.78 is 0. The molecule has 1 aromatic carbocycles. The summed E-state index contributed by atoms with van der Waals surface area (Å²) in [5.41, 5.74) is 3.34. The van der Waals surface area contributed by atoms with Crippen molar-refractivity contribution in [3.8, 4) is 11.4 Å². The van der Waals surface area contributed by atoms with Gasteiger partial charge in [0.15, 0.2) is 0 Å². The zero-order chi connectivity index (χ0) is 11.7. The van der Waals surface area contributed by atoms with E-state index in [1.165, 1.54) is 0 Å². The summed E-state index contributed by atoms with van der Waals surface area (Å²) >= 11 is 0. The summed E-state index contributed by atoms with van der Waals surface area (Å²) in [6.07, 6.45) is 3.47. The maximum Gasteiger partial charge on any atom is 0.125 e. The van der Waals surface area contributed by atoms with Gasteiger partial charge in [0, 0.05) is 6.20 Å². The quantitative estimate of drug-likeness (QED) is 0.634. The lowest BCUT2D eigenvalue weighted by molar-refractivity contribution is 1.05. The largest absolute Gasteiger partial charge is 0.252 e. The van der Waals surface area contributed by atoms with Gasteiger partial charge >= 0.3 is 0 Å². The molecule has 0 aliphatic rings. The second-order valence-electron chi connectivity index (χ2n) is 3.73. The Labute approximate surface area is 98.4 Å². The van der Waals surface area contributed by atoms with Crippen LogP contribution in [0.5, 0.6) is 0 Å². The number of hydrogen-bond donors (Lipinski definition) is 0. The zero-order valence-electron chi connectivity index (χ0n) is 9.33. The first kappa shape index (κ1) is 9.84. The minimum Gasteiger partial charge on any atom is -0.252 e. The summed E-state index contributed by atoms with van der Waals surface area (Å²) in [5, 5.41) is 0. The molecule has 17 heavy (non-hydrogen) atoms. The van der Waals surface area contributed by atoms with Crippen molar-refractivity contribution < 1.29 is 0 Å². The smallest absolute Gasteiger partial charge is 0.125 e. The van der Waals surface area contributed by atoms with Gasteiger partial charge in [0.1, 0.15) is 11.5 Å². The first-order valence-electron chi connectivity index (χ1n) is 5.35. The number of rotatable bonds is 1. The van der Waals surface area contributed by atoms with Crippen LogP contribution in [0.2, 0.25) is 0 Å². The topological polar surface area (TPSA) is 51.6 Å². The van der Waals surface area contributed by atoms with Crippen LogP contribution in [-0.2, 0) is 0 Å². The maximum atomic E-state index is 4.53. The Hall–Kier alpha value is -2.36. The normalized spacial score (nSPS) is 10.6. The molecule has 0 saturated heterocycles. The van der Waals surface area contributed by atoms with Crippen LogP contribution in [-0.4, -0.2) is 19.9 Å². The molecule has 0 spiro atoms. The van der Waals surface area contributed by atoms with E-state index in [1.807, 2.05) is 37.3 Å². The van der Waals surface area contributed by atoms with Crippen LogP contribution in [0.25, 0.3) is 22.4 Å². The fraction of sp³-hybridized carbons (Fsp3) is 0.0769. The highest BCUT2D eigenvalue weighted by atomic mass is 14.9. The van der Waals surface area contributed by atoms with Gasteiger partial charge in [0.25, 0.3) is 0 Å². The maximum absolute atomic E-state index is 4.53. The van der Waals surface area contributed by atoms with Crippen molar-refractivity contribution >= 4 is 11.0 Å². The molecular weight excluding hydrogens is 212 g/mol. The summed E-state index contributed by atoms with van der Waals surface area (Å²) in [7, 11) is 0. The monoisotopic (exact) mass is 222 g/mol. The summed E-state index contributed by atoms with van der Waals surface area (Å²) in [6, 6.07) is 9.63. The van der Waals surface area contributed by atoms with E-state index in [4.69, 9.17) is 0 Å². The van der Waals surface area contributed by atoms with Crippen molar-refractivity contribution in [1.29, 1.82) is 0 Å². The summed E-state index contributed by atoms with van der Waals surface area (Å²) in [5.74, 6) is 0.734. The van der Waals surface area contributed by atoms with Gasteiger partial charge in [-0.05, 0) is 25.1 Å². The SMILES string of the molecule is Cc1nccc(-c2cnc3ccccc3n2)n1. The lowest BCUT2D eigenvalue weighted by Crippen LogP contribution is -1.93. The average Bonchev–Trinajstić information content (AvgIpc) is 2.38. The van der Waals surface area contributed by atoms with Gasteiger partial charge in [-0.15, -0.1) is 0 Å². The first-order valence-corrected chi connectivity index (χ1v) is 5.35. The summed E-state index contributed by atoms with van der Waals surface area (Å²) in [6.45, 7) is 1.86. The molecule has 2 aromatic heterocycles. The van der Waals surface area contributed by atoms with Crippen LogP contribution in [0.4, 0.5) is 0 Å². The molecule has 0 atom stereocenters. The molecule has 0 amide bonds. The van der Waals surface area contributed by atoms with Crippen molar-refractivity contribution in [3.63, 3.8) is 0 Å². The van der Waals surface area contributed by atoms with E-state index in [1.54, 1.807) is 12.4 Å². The highest BCUT2D eigenvalue weighted by molar-refractivity contribution is 5.76. The zero-order valence-corrected chi connectivity index (χ0v) is 9.33. The fourth-order valence-corrected chi connectivity index (χ4v) is 1.68. The van der Waals surface area contributed by atoms with E-state index in [0.717, 1.165) is 28.2 Å². The van der Waals surface area contributed by atoms with Gasteiger partial charge in [-0.1, -0.05) is 12.1 Å².